The molecule has 0 bridgehead atoms. The minimum Gasteiger partial charge on any atom is -0.376 e. The van der Waals surface area contributed by atoms with Gasteiger partial charge in [-0.15, -0.1) is 0 Å². The van der Waals surface area contributed by atoms with Gasteiger partial charge in [-0.25, -0.2) is 0 Å². The van der Waals surface area contributed by atoms with Gasteiger partial charge in [-0.05, 0) is 24.1 Å². The molecule has 0 saturated carbocycles. The van der Waals surface area contributed by atoms with Crippen molar-refractivity contribution in [3.8, 4) is 0 Å². The van der Waals surface area contributed by atoms with Crippen LogP contribution in [0.25, 0.3) is 10.9 Å². The lowest BCUT2D eigenvalue weighted by Gasteiger charge is -2.28. The van der Waals surface area contributed by atoms with E-state index >= 15 is 0 Å². The second-order valence-corrected chi connectivity index (χ2v) is 4.84. The minimum atomic E-state index is -0.0499. The Hall–Kier alpha value is -1.49. The van der Waals surface area contributed by atoms with E-state index in [-0.39, 0.29) is 12.1 Å². The van der Waals surface area contributed by atoms with Gasteiger partial charge >= 0.3 is 0 Å². The van der Waals surface area contributed by atoms with Crippen LogP contribution in [-0.4, -0.2) is 37.0 Å². The fourth-order valence-electron chi connectivity index (χ4n) is 2.47. The fourth-order valence-corrected chi connectivity index (χ4v) is 2.47. The smallest absolute Gasteiger partial charge is 0.0963 e. The second kappa shape index (κ2) is 5.65. The molecule has 2 unspecified atom stereocenters. The Bertz CT molecular complexity index is 547. The van der Waals surface area contributed by atoms with E-state index in [2.05, 4.69) is 11.1 Å². The van der Waals surface area contributed by atoms with Crippen molar-refractivity contribution in [1.82, 2.24) is 4.98 Å². The first-order chi connectivity index (χ1) is 9.34. The van der Waals surface area contributed by atoms with E-state index in [0.717, 1.165) is 17.3 Å². The quantitative estimate of drug-likeness (QED) is 0.907. The molecule has 0 amide bonds. The Labute approximate surface area is 112 Å². The number of para-hydroxylation sites is 1. The van der Waals surface area contributed by atoms with Crippen LogP contribution >= 0.6 is 0 Å². The van der Waals surface area contributed by atoms with Crippen LogP contribution in [0.1, 0.15) is 5.56 Å². The summed E-state index contributed by atoms with van der Waals surface area (Å²) in [7, 11) is 0. The standard InChI is InChI=1S/C15H18N2O2/c16-13(15-10-18-7-8-19-15)9-11-5-6-17-14-4-2-1-3-12(11)14/h1-6,13,15H,7-10,16H2. The van der Waals surface area contributed by atoms with Gasteiger partial charge in [-0.1, -0.05) is 18.2 Å². The Morgan fingerprint density at radius 1 is 1.26 bits per heavy atom. The van der Waals surface area contributed by atoms with Gasteiger partial charge in [0.1, 0.15) is 0 Å². The molecule has 19 heavy (non-hydrogen) atoms. The summed E-state index contributed by atoms with van der Waals surface area (Å²) in [6, 6.07) is 10.1. The number of hydrogen-bond acceptors (Lipinski definition) is 4. The van der Waals surface area contributed by atoms with Crippen molar-refractivity contribution in [3.05, 3.63) is 42.1 Å². The summed E-state index contributed by atoms with van der Waals surface area (Å²) in [4.78, 5) is 4.36. The van der Waals surface area contributed by atoms with Crippen LogP contribution in [0.15, 0.2) is 36.5 Å². The zero-order chi connectivity index (χ0) is 13.1. The second-order valence-electron chi connectivity index (χ2n) is 4.84. The largest absolute Gasteiger partial charge is 0.376 e. The highest BCUT2D eigenvalue weighted by molar-refractivity contribution is 5.81. The van der Waals surface area contributed by atoms with Gasteiger partial charge in [0.15, 0.2) is 0 Å². The molecule has 1 aliphatic heterocycles. The summed E-state index contributed by atoms with van der Waals surface area (Å²) >= 11 is 0. The first kappa shape index (κ1) is 12.5. The first-order valence-corrected chi connectivity index (χ1v) is 6.62. The Morgan fingerprint density at radius 3 is 3.00 bits per heavy atom. The maximum absolute atomic E-state index is 6.25. The van der Waals surface area contributed by atoms with E-state index in [9.17, 15) is 0 Å². The van der Waals surface area contributed by atoms with Gasteiger partial charge in [0, 0.05) is 17.6 Å². The lowest BCUT2D eigenvalue weighted by atomic mass is 9.99. The molecule has 100 valence electrons. The molecule has 3 rings (SSSR count). The molecule has 1 aromatic heterocycles. The molecule has 2 N–H and O–H groups in total. The molecular weight excluding hydrogens is 240 g/mol. The van der Waals surface area contributed by atoms with Crippen molar-refractivity contribution in [2.45, 2.75) is 18.6 Å². The number of nitrogens with zero attached hydrogens (tertiary/aromatic N) is 1. The maximum atomic E-state index is 6.25. The van der Waals surface area contributed by atoms with Gasteiger partial charge in [0.25, 0.3) is 0 Å². The number of fused-ring (bicyclic) bond motifs is 1. The van der Waals surface area contributed by atoms with Crippen molar-refractivity contribution in [1.29, 1.82) is 0 Å². The SMILES string of the molecule is NC(Cc1ccnc2ccccc12)C1COCCO1. The van der Waals surface area contributed by atoms with Crippen LogP contribution in [0.2, 0.25) is 0 Å². The van der Waals surface area contributed by atoms with Crippen molar-refractivity contribution in [2.24, 2.45) is 5.73 Å². The van der Waals surface area contributed by atoms with Crippen molar-refractivity contribution < 1.29 is 9.47 Å². The van der Waals surface area contributed by atoms with Crippen molar-refractivity contribution in [2.75, 3.05) is 19.8 Å². The molecule has 2 atom stereocenters. The van der Waals surface area contributed by atoms with Crippen LogP contribution in [0.3, 0.4) is 0 Å². The van der Waals surface area contributed by atoms with Gasteiger partial charge in [-0.2, -0.15) is 0 Å². The monoisotopic (exact) mass is 258 g/mol. The maximum Gasteiger partial charge on any atom is 0.0963 e. The number of ether oxygens (including phenoxy) is 2. The molecule has 1 aromatic carbocycles. The van der Waals surface area contributed by atoms with Gasteiger partial charge in [0.05, 0.1) is 31.4 Å². The van der Waals surface area contributed by atoms with Crippen LogP contribution in [0.5, 0.6) is 0 Å². The number of rotatable bonds is 3. The van der Waals surface area contributed by atoms with E-state index < -0.39 is 0 Å². The third-order valence-electron chi connectivity index (χ3n) is 3.51. The van der Waals surface area contributed by atoms with Gasteiger partial charge < -0.3 is 15.2 Å². The summed E-state index contributed by atoms with van der Waals surface area (Å²) in [6.45, 7) is 1.89. The summed E-state index contributed by atoms with van der Waals surface area (Å²) in [5, 5.41) is 1.16. The molecule has 0 aliphatic carbocycles. The summed E-state index contributed by atoms with van der Waals surface area (Å²) in [6.07, 6.45) is 2.60. The summed E-state index contributed by atoms with van der Waals surface area (Å²) in [5.41, 5.74) is 8.47. The predicted octanol–water partition coefficient (Wildman–Crippen LogP) is 1.52. The van der Waals surface area contributed by atoms with Gasteiger partial charge in [0.2, 0.25) is 0 Å². The number of aromatic nitrogens is 1. The Balaban J connectivity index is 1.80. The van der Waals surface area contributed by atoms with Crippen LogP contribution in [0, 0.1) is 0 Å². The zero-order valence-electron chi connectivity index (χ0n) is 10.8. The topological polar surface area (TPSA) is 57.4 Å². The molecule has 2 aromatic rings. The Morgan fingerprint density at radius 2 is 2.16 bits per heavy atom. The minimum absolute atomic E-state index is 0.0133. The van der Waals surface area contributed by atoms with E-state index in [0.29, 0.717) is 19.8 Å². The fraction of sp³-hybridized carbons (Fsp3) is 0.400. The molecular formula is C15H18N2O2. The third-order valence-corrected chi connectivity index (χ3v) is 3.51. The average Bonchev–Trinajstić information content (AvgIpc) is 2.48. The van der Waals surface area contributed by atoms with E-state index in [1.165, 1.54) is 5.56 Å². The van der Waals surface area contributed by atoms with Gasteiger partial charge in [-0.3, -0.25) is 4.98 Å². The van der Waals surface area contributed by atoms with Crippen LogP contribution < -0.4 is 5.73 Å². The normalized spacial score (nSPS) is 21.4. The van der Waals surface area contributed by atoms with Crippen molar-refractivity contribution in [3.63, 3.8) is 0 Å². The highest BCUT2D eigenvalue weighted by atomic mass is 16.6. The zero-order valence-corrected chi connectivity index (χ0v) is 10.8. The number of hydrogen-bond donors (Lipinski definition) is 1. The van der Waals surface area contributed by atoms with E-state index in [1.807, 2.05) is 30.5 Å². The first-order valence-electron chi connectivity index (χ1n) is 6.62. The molecule has 0 spiro atoms. The predicted molar refractivity (Wildman–Crippen MR) is 74.0 cm³/mol. The van der Waals surface area contributed by atoms with Crippen molar-refractivity contribution >= 4 is 10.9 Å². The summed E-state index contributed by atoms with van der Waals surface area (Å²) < 4.78 is 11.1. The molecule has 1 aliphatic rings. The molecule has 2 heterocycles. The lowest BCUT2D eigenvalue weighted by molar-refractivity contribution is -0.0967. The number of benzene rings is 1. The Kier molecular flexibility index (Phi) is 3.73. The number of nitrogens with two attached hydrogens (primary N) is 1. The highest BCUT2D eigenvalue weighted by Crippen LogP contribution is 2.19. The summed E-state index contributed by atoms with van der Waals surface area (Å²) in [5.74, 6) is 0. The van der Waals surface area contributed by atoms with Crippen LogP contribution in [-0.2, 0) is 15.9 Å². The molecule has 0 radical (unpaired) electrons. The highest BCUT2D eigenvalue weighted by Gasteiger charge is 2.22. The molecule has 1 saturated heterocycles. The molecule has 1 fully saturated rings. The molecule has 4 heteroatoms. The average molecular weight is 258 g/mol. The third kappa shape index (κ3) is 2.76. The van der Waals surface area contributed by atoms with E-state index in [1.54, 1.807) is 0 Å². The van der Waals surface area contributed by atoms with E-state index in [4.69, 9.17) is 15.2 Å². The molecule has 4 nitrogen and oxygen atoms in total. The van der Waals surface area contributed by atoms with Crippen LogP contribution in [0.4, 0.5) is 0 Å². The number of pyridine rings is 1. The lowest BCUT2D eigenvalue weighted by Crippen LogP contribution is -2.44.